The van der Waals surface area contributed by atoms with Crippen LogP contribution < -0.4 is 10.6 Å². The number of nitrogens with one attached hydrogen (secondary N) is 2. The highest BCUT2D eigenvalue weighted by molar-refractivity contribution is 6.04. The fraction of sp³-hybridized carbons (Fsp3) is 0.136. The van der Waals surface area contributed by atoms with Crippen LogP contribution in [-0.4, -0.2) is 24.0 Å². The van der Waals surface area contributed by atoms with E-state index < -0.39 is 5.97 Å². The van der Waals surface area contributed by atoms with Crippen LogP contribution >= 0.6 is 0 Å². The molecule has 6 nitrogen and oxygen atoms in total. The highest BCUT2D eigenvalue weighted by Crippen LogP contribution is 2.22. The van der Waals surface area contributed by atoms with Crippen LogP contribution in [0.4, 0.5) is 17.1 Å². The van der Waals surface area contributed by atoms with Gasteiger partial charge < -0.3 is 15.4 Å². The number of ether oxygens (including phenoxy) is 1. The Bertz CT molecular complexity index is 1030. The third-order valence-corrected chi connectivity index (χ3v) is 4.20. The second-order valence-corrected chi connectivity index (χ2v) is 6.40. The van der Waals surface area contributed by atoms with Crippen molar-refractivity contribution in [2.45, 2.75) is 13.8 Å². The maximum absolute atomic E-state index is 12.6. The molecule has 1 amide bonds. The van der Waals surface area contributed by atoms with Crippen molar-refractivity contribution in [2.24, 2.45) is 0 Å². The van der Waals surface area contributed by atoms with E-state index in [1.165, 1.54) is 12.7 Å². The summed E-state index contributed by atoms with van der Waals surface area (Å²) in [5.41, 5.74) is 5.14. The van der Waals surface area contributed by atoms with Crippen molar-refractivity contribution in [3.05, 3.63) is 83.2 Å². The fourth-order valence-electron chi connectivity index (χ4n) is 2.78. The summed E-state index contributed by atoms with van der Waals surface area (Å²) in [6.07, 6.45) is 1.58. The first-order chi connectivity index (χ1) is 13.5. The lowest BCUT2D eigenvalue weighted by Gasteiger charge is -2.11. The Labute approximate surface area is 163 Å². The van der Waals surface area contributed by atoms with Gasteiger partial charge in [0.15, 0.2) is 0 Å². The Hall–Kier alpha value is -3.67. The average Bonchev–Trinajstić information content (AvgIpc) is 2.70. The number of benzene rings is 2. The first kappa shape index (κ1) is 19.1. The molecule has 0 spiro atoms. The summed E-state index contributed by atoms with van der Waals surface area (Å²) >= 11 is 0. The van der Waals surface area contributed by atoms with Crippen LogP contribution in [0, 0.1) is 13.8 Å². The van der Waals surface area contributed by atoms with E-state index in [0.29, 0.717) is 11.3 Å². The first-order valence-corrected chi connectivity index (χ1v) is 8.76. The third kappa shape index (κ3) is 4.54. The minimum absolute atomic E-state index is 0.262. The molecule has 3 aromatic rings. The van der Waals surface area contributed by atoms with Gasteiger partial charge in [-0.25, -0.2) is 4.79 Å². The number of nitrogens with zero attached hydrogens (tertiary/aromatic N) is 1. The highest BCUT2D eigenvalue weighted by atomic mass is 16.5. The Morgan fingerprint density at radius 2 is 1.79 bits per heavy atom. The lowest BCUT2D eigenvalue weighted by Crippen LogP contribution is -2.14. The molecule has 2 aromatic carbocycles. The molecule has 1 heterocycles. The monoisotopic (exact) mass is 375 g/mol. The molecule has 6 heteroatoms. The fourth-order valence-corrected chi connectivity index (χ4v) is 2.78. The number of rotatable bonds is 5. The summed E-state index contributed by atoms with van der Waals surface area (Å²) < 4.78 is 4.70. The summed E-state index contributed by atoms with van der Waals surface area (Å²) in [6.45, 7) is 4.07. The highest BCUT2D eigenvalue weighted by Gasteiger charge is 2.11. The van der Waals surface area contributed by atoms with Crippen molar-refractivity contribution < 1.29 is 14.3 Å². The molecule has 0 radical (unpaired) electrons. The summed E-state index contributed by atoms with van der Waals surface area (Å²) in [4.78, 5) is 28.3. The van der Waals surface area contributed by atoms with Gasteiger partial charge in [-0.2, -0.15) is 0 Å². The van der Waals surface area contributed by atoms with Gasteiger partial charge in [0, 0.05) is 23.3 Å². The predicted octanol–water partition coefficient (Wildman–Crippen LogP) is 4.48. The smallest absolute Gasteiger partial charge is 0.337 e. The van der Waals surface area contributed by atoms with Crippen molar-refractivity contribution in [1.82, 2.24) is 4.98 Å². The Balaban J connectivity index is 1.76. The van der Waals surface area contributed by atoms with E-state index in [1.807, 2.05) is 26.0 Å². The van der Waals surface area contributed by atoms with Crippen molar-refractivity contribution in [3.63, 3.8) is 0 Å². The molecule has 0 aliphatic heterocycles. The minimum atomic E-state index is -0.464. The number of carbonyl (C=O) groups excluding carboxylic acids is 2. The molecule has 3 rings (SSSR count). The van der Waals surface area contributed by atoms with Crippen LogP contribution in [-0.2, 0) is 4.74 Å². The maximum atomic E-state index is 12.6. The molecular weight excluding hydrogens is 354 g/mol. The number of methoxy groups -OCH3 is 1. The number of aromatic nitrogens is 1. The number of hydrogen-bond acceptors (Lipinski definition) is 5. The van der Waals surface area contributed by atoms with E-state index in [1.54, 1.807) is 42.6 Å². The Kier molecular flexibility index (Phi) is 5.69. The molecule has 0 fully saturated rings. The van der Waals surface area contributed by atoms with Gasteiger partial charge in [0.05, 0.1) is 12.7 Å². The zero-order chi connectivity index (χ0) is 20.1. The van der Waals surface area contributed by atoms with Crippen LogP contribution in [0.15, 0.2) is 60.8 Å². The normalized spacial score (nSPS) is 10.2. The molecule has 0 unspecified atom stereocenters. The second-order valence-electron chi connectivity index (χ2n) is 6.40. The molecule has 0 aliphatic carbocycles. The summed E-state index contributed by atoms with van der Waals surface area (Å²) in [5.74, 6) is -0.833. The van der Waals surface area contributed by atoms with Gasteiger partial charge in [-0.1, -0.05) is 23.8 Å². The number of aryl methyl sites for hydroxylation is 2. The zero-order valence-electron chi connectivity index (χ0n) is 15.9. The van der Waals surface area contributed by atoms with Crippen LogP contribution in [0.3, 0.4) is 0 Å². The van der Waals surface area contributed by atoms with Gasteiger partial charge in [-0.3, -0.25) is 9.78 Å². The maximum Gasteiger partial charge on any atom is 0.337 e. The van der Waals surface area contributed by atoms with E-state index in [9.17, 15) is 9.59 Å². The van der Waals surface area contributed by atoms with Crippen molar-refractivity contribution in [1.29, 1.82) is 0 Å². The van der Waals surface area contributed by atoms with Gasteiger partial charge in [0.1, 0.15) is 5.69 Å². The topological polar surface area (TPSA) is 80.3 Å². The molecule has 28 heavy (non-hydrogen) atoms. The summed E-state index contributed by atoms with van der Waals surface area (Å²) in [5, 5.41) is 6.06. The molecule has 0 saturated heterocycles. The number of carbonyl (C=O) groups is 2. The number of anilines is 3. The summed E-state index contributed by atoms with van der Waals surface area (Å²) in [7, 11) is 1.31. The molecule has 142 valence electrons. The van der Waals surface area contributed by atoms with Gasteiger partial charge >= 0.3 is 5.97 Å². The number of pyridine rings is 1. The van der Waals surface area contributed by atoms with Crippen molar-refractivity contribution in [2.75, 3.05) is 17.7 Å². The SMILES string of the molecule is COC(=O)c1cccc(NC(=O)c2cc(Nc3ccc(C)cc3C)ccn2)c1. The van der Waals surface area contributed by atoms with Crippen LogP contribution in [0.2, 0.25) is 0 Å². The molecule has 0 aliphatic rings. The second kappa shape index (κ2) is 8.35. The number of hydrogen-bond donors (Lipinski definition) is 2. The lowest BCUT2D eigenvalue weighted by atomic mass is 10.1. The van der Waals surface area contributed by atoms with Crippen LogP contribution in [0.25, 0.3) is 0 Å². The average molecular weight is 375 g/mol. The Morgan fingerprint density at radius 3 is 2.54 bits per heavy atom. The third-order valence-electron chi connectivity index (χ3n) is 4.20. The van der Waals surface area contributed by atoms with Crippen LogP contribution in [0.5, 0.6) is 0 Å². The molecular formula is C22H21N3O3. The van der Waals surface area contributed by atoms with Gasteiger partial charge in [0.2, 0.25) is 0 Å². The minimum Gasteiger partial charge on any atom is -0.465 e. The first-order valence-electron chi connectivity index (χ1n) is 8.76. The van der Waals surface area contributed by atoms with E-state index >= 15 is 0 Å². The summed E-state index contributed by atoms with van der Waals surface area (Å²) in [6, 6.07) is 16.1. The van der Waals surface area contributed by atoms with Crippen LogP contribution in [0.1, 0.15) is 32.0 Å². The van der Waals surface area contributed by atoms with E-state index in [-0.39, 0.29) is 11.6 Å². The van der Waals surface area contributed by atoms with E-state index in [4.69, 9.17) is 4.74 Å². The lowest BCUT2D eigenvalue weighted by molar-refractivity contribution is 0.0600. The standard InChI is InChI=1S/C22H21N3O3/c1-14-7-8-19(15(2)11-14)24-18-9-10-23-20(13-18)21(26)25-17-6-4-5-16(12-17)22(27)28-3/h4-13H,1-3H3,(H,23,24)(H,25,26). The van der Waals surface area contributed by atoms with E-state index in [2.05, 4.69) is 21.7 Å². The molecule has 0 saturated carbocycles. The molecule has 0 atom stereocenters. The van der Waals surface area contributed by atoms with Gasteiger partial charge in [-0.05, 0) is 55.8 Å². The number of amides is 1. The van der Waals surface area contributed by atoms with Crippen molar-refractivity contribution >= 4 is 28.9 Å². The van der Waals surface area contributed by atoms with Gasteiger partial charge in [0.25, 0.3) is 5.91 Å². The predicted molar refractivity (Wildman–Crippen MR) is 109 cm³/mol. The van der Waals surface area contributed by atoms with E-state index in [0.717, 1.165) is 16.9 Å². The van der Waals surface area contributed by atoms with Gasteiger partial charge in [-0.15, -0.1) is 0 Å². The molecule has 1 aromatic heterocycles. The molecule has 0 bridgehead atoms. The Morgan fingerprint density at radius 1 is 0.964 bits per heavy atom. The zero-order valence-corrected chi connectivity index (χ0v) is 15.9. The van der Waals surface area contributed by atoms with Crippen molar-refractivity contribution in [3.8, 4) is 0 Å². The largest absolute Gasteiger partial charge is 0.465 e. The number of esters is 1. The quantitative estimate of drug-likeness (QED) is 0.643. The molecule has 2 N–H and O–H groups in total.